The zero-order valence-electron chi connectivity index (χ0n) is 10.3. The van der Waals surface area contributed by atoms with Gasteiger partial charge in [-0.1, -0.05) is 46.0 Å². The smallest absolute Gasteiger partial charge is 0.337 e. The third-order valence-electron chi connectivity index (χ3n) is 2.79. The van der Waals surface area contributed by atoms with Crippen molar-refractivity contribution in [1.82, 2.24) is 0 Å². The molecule has 0 aliphatic rings. The van der Waals surface area contributed by atoms with Crippen molar-refractivity contribution in [2.75, 3.05) is 14.2 Å². The Balaban J connectivity index is 3.82. The van der Waals surface area contributed by atoms with Crippen LogP contribution in [0.1, 0.15) is 46.0 Å². The predicted molar refractivity (Wildman–Crippen MR) is 63.8 cm³/mol. The Morgan fingerprint density at radius 3 is 1.86 bits per heavy atom. The van der Waals surface area contributed by atoms with E-state index < -0.39 is 8.56 Å². The van der Waals surface area contributed by atoms with E-state index in [9.17, 15) is 0 Å². The summed E-state index contributed by atoms with van der Waals surface area (Å²) in [7, 11) is 1.83. The standard InChI is InChI=1S/C11H26O2Si/c1-5-7-8-9-11-14(12-3,13-4)10-6-2/h5-11H2,1-4H3. The monoisotopic (exact) mass is 218 g/mol. The minimum atomic E-state index is -1.79. The van der Waals surface area contributed by atoms with Crippen LogP contribution in [-0.4, -0.2) is 22.8 Å². The Bertz CT molecular complexity index is 124. The SMILES string of the molecule is CCCCCC[Si](CCC)(OC)OC. The zero-order valence-corrected chi connectivity index (χ0v) is 11.3. The molecule has 0 saturated heterocycles. The Labute approximate surface area is 90.2 Å². The Hall–Kier alpha value is 0.137. The van der Waals surface area contributed by atoms with Crippen LogP contribution in [0.4, 0.5) is 0 Å². The molecule has 14 heavy (non-hydrogen) atoms. The third kappa shape index (κ3) is 5.13. The first kappa shape index (κ1) is 14.1. The fraction of sp³-hybridized carbons (Fsp3) is 1.00. The maximum absolute atomic E-state index is 5.62. The van der Waals surface area contributed by atoms with E-state index in [0.717, 1.165) is 12.1 Å². The lowest BCUT2D eigenvalue weighted by atomic mass is 10.2. The van der Waals surface area contributed by atoms with E-state index in [2.05, 4.69) is 13.8 Å². The van der Waals surface area contributed by atoms with Crippen LogP contribution < -0.4 is 0 Å². The number of unbranched alkanes of at least 4 members (excludes halogenated alkanes) is 3. The Morgan fingerprint density at radius 1 is 0.786 bits per heavy atom. The second-order valence-electron chi connectivity index (χ2n) is 3.88. The van der Waals surface area contributed by atoms with E-state index in [0.29, 0.717) is 0 Å². The average Bonchev–Trinajstić information content (AvgIpc) is 2.23. The van der Waals surface area contributed by atoms with Crippen LogP contribution in [0.5, 0.6) is 0 Å². The first-order valence-corrected chi connectivity index (χ1v) is 8.08. The summed E-state index contributed by atoms with van der Waals surface area (Å²) in [6.45, 7) is 4.44. The summed E-state index contributed by atoms with van der Waals surface area (Å²) < 4.78 is 11.2. The molecule has 0 aromatic carbocycles. The summed E-state index contributed by atoms with van der Waals surface area (Å²) in [4.78, 5) is 0. The maximum Gasteiger partial charge on any atom is 0.337 e. The van der Waals surface area contributed by atoms with Crippen LogP contribution in [-0.2, 0) is 8.85 Å². The van der Waals surface area contributed by atoms with E-state index in [1.165, 1.54) is 32.1 Å². The number of hydrogen-bond donors (Lipinski definition) is 0. The Morgan fingerprint density at radius 2 is 1.43 bits per heavy atom. The summed E-state index contributed by atoms with van der Waals surface area (Å²) >= 11 is 0. The van der Waals surface area contributed by atoms with Crippen molar-refractivity contribution in [2.24, 2.45) is 0 Å². The lowest BCUT2D eigenvalue weighted by molar-refractivity contribution is 0.239. The van der Waals surface area contributed by atoms with Gasteiger partial charge in [0.2, 0.25) is 0 Å². The van der Waals surface area contributed by atoms with Gasteiger partial charge in [-0.25, -0.2) is 0 Å². The van der Waals surface area contributed by atoms with Crippen molar-refractivity contribution in [1.29, 1.82) is 0 Å². The molecule has 0 bridgehead atoms. The van der Waals surface area contributed by atoms with Crippen molar-refractivity contribution < 1.29 is 8.85 Å². The molecule has 0 heterocycles. The molecule has 0 aromatic heterocycles. The van der Waals surface area contributed by atoms with Gasteiger partial charge in [-0.05, 0) is 12.1 Å². The number of rotatable bonds is 9. The normalized spacial score (nSPS) is 12.0. The molecule has 3 heteroatoms. The van der Waals surface area contributed by atoms with Crippen LogP contribution in [0, 0.1) is 0 Å². The largest absolute Gasteiger partial charge is 0.398 e. The molecule has 86 valence electrons. The molecule has 0 aliphatic heterocycles. The van der Waals surface area contributed by atoms with Gasteiger partial charge in [0.15, 0.2) is 0 Å². The van der Waals surface area contributed by atoms with Gasteiger partial charge >= 0.3 is 8.56 Å². The molecular weight excluding hydrogens is 192 g/mol. The van der Waals surface area contributed by atoms with Gasteiger partial charge in [-0.3, -0.25) is 0 Å². The fourth-order valence-corrected chi connectivity index (χ4v) is 4.60. The highest BCUT2D eigenvalue weighted by atomic mass is 28.4. The Kier molecular flexibility index (Phi) is 8.53. The molecule has 2 nitrogen and oxygen atoms in total. The van der Waals surface area contributed by atoms with Gasteiger partial charge < -0.3 is 8.85 Å². The fourth-order valence-electron chi connectivity index (χ4n) is 1.82. The van der Waals surface area contributed by atoms with Gasteiger partial charge in [0.05, 0.1) is 0 Å². The molecular formula is C11H26O2Si. The number of hydrogen-bond acceptors (Lipinski definition) is 2. The molecule has 0 unspecified atom stereocenters. The molecule has 0 atom stereocenters. The highest BCUT2D eigenvalue weighted by Crippen LogP contribution is 2.22. The van der Waals surface area contributed by atoms with Crippen molar-refractivity contribution in [3.05, 3.63) is 0 Å². The van der Waals surface area contributed by atoms with Crippen LogP contribution in [0.25, 0.3) is 0 Å². The van der Waals surface area contributed by atoms with Gasteiger partial charge in [-0.2, -0.15) is 0 Å². The van der Waals surface area contributed by atoms with E-state index >= 15 is 0 Å². The maximum atomic E-state index is 5.62. The highest BCUT2D eigenvalue weighted by Gasteiger charge is 2.33. The second-order valence-corrected chi connectivity index (χ2v) is 7.52. The molecule has 0 rings (SSSR count). The molecule has 0 amide bonds. The molecule has 0 spiro atoms. The summed E-state index contributed by atoms with van der Waals surface area (Å²) in [5.74, 6) is 0. The van der Waals surface area contributed by atoms with Crippen LogP contribution in [0.3, 0.4) is 0 Å². The second kappa shape index (κ2) is 8.45. The lowest BCUT2D eigenvalue weighted by Crippen LogP contribution is -2.39. The van der Waals surface area contributed by atoms with Gasteiger partial charge in [0.1, 0.15) is 0 Å². The van der Waals surface area contributed by atoms with Crippen LogP contribution >= 0.6 is 0 Å². The van der Waals surface area contributed by atoms with Gasteiger partial charge in [-0.15, -0.1) is 0 Å². The van der Waals surface area contributed by atoms with Gasteiger partial charge in [0, 0.05) is 14.2 Å². The summed E-state index contributed by atoms with van der Waals surface area (Å²) in [6.07, 6.45) is 6.39. The van der Waals surface area contributed by atoms with Crippen molar-refractivity contribution in [3.8, 4) is 0 Å². The first-order chi connectivity index (χ1) is 6.74. The van der Waals surface area contributed by atoms with E-state index in [4.69, 9.17) is 8.85 Å². The predicted octanol–water partition coefficient (Wildman–Crippen LogP) is 3.71. The van der Waals surface area contributed by atoms with Crippen LogP contribution in [0.15, 0.2) is 0 Å². The minimum absolute atomic E-state index is 1.13. The molecule has 0 fully saturated rings. The summed E-state index contributed by atoms with van der Waals surface area (Å²) in [5.41, 5.74) is 0. The van der Waals surface area contributed by atoms with E-state index in [-0.39, 0.29) is 0 Å². The van der Waals surface area contributed by atoms with E-state index in [1.807, 2.05) is 14.2 Å². The molecule has 0 aromatic rings. The van der Waals surface area contributed by atoms with Gasteiger partial charge in [0.25, 0.3) is 0 Å². The lowest BCUT2D eigenvalue weighted by Gasteiger charge is -2.26. The van der Waals surface area contributed by atoms with E-state index in [1.54, 1.807) is 0 Å². The van der Waals surface area contributed by atoms with Crippen molar-refractivity contribution >= 4 is 8.56 Å². The third-order valence-corrected chi connectivity index (χ3v) is 6.65. The highest BCUT2D eigenvalue weighted by molar-refractivity contribution is 6.67. The van der Waals surface area contributed by atoms with Crippen molar-refractivity contribution in [3.63, 3.8) is 0 Å². The molecule has 0 N–H and O–H groups in total. The minimum Gasteiger partial charge on any atom is -0.398 e. The quantitative estimate of drug-likeness (QED) is 0.434. The van der Waals surface area contributed by atoms with Crippen LogP contribution in [0.2, 0.25) is 12.1 Å². The molecule has 0 aliphatic carbocycles. The first-order valence-electron chi connectivity index (χ1n) is 5.85. The topological polar surface area (TPSA) is 18.5 Å². The summed E-state index contributed by atoms with van der Waals surface area (Å²) in [5, 5.41) is 0. The zero-order chi connectivity index (χ0) is 10.9. The van der Waals surface area contributed by atoms with Crippen molar-refractivity contribution in [2.45, 2.75) is 58.0 Å². The summed E-state index contributed by atoms with van der Waals surface area (Å²) in [6, 6.07) is 2.29. The average molecular weight is 218 g/mol. The molecule has 0 radical (unpaired) electrons. The molecule has 0 saturated carbocycles.